The van der Waals surface area contributed by atoms with Gasteiger partial charge in [0.2, 0.25) is 0 Å². The Balaban J connectivity index is 1.63. The lowest BCUT2D eigenvalue weighted by Crippen LogP contribution is -2.35. The third-order valence-corrected chi connectivity index (χ3v) is 4.84. The number of ether oxygens (including phenoxy) is 1. The van der Waals surface area contributed by atoms with Crippen molar-refractivity contribution in [3.8, 4) is 0 Å². The Morgan fingerprint density at radius 3 is 2.70 bits per heavy atom. The van der Waals surface area contributed by atoms with Gasteiger partial charge >= 0.3 is 5.97 Å². The first-order valence-corrected chi connectivity index (χ1v) is 10.3. The van der Waals surface area contributed by atoms with Crippen LogP contribution in [-0.2, 0) is 17.8 Å². The summed E-state index contributed by atoms with van der Waals surface area (Å²) in [6, 6.07) is 11.0. The molecule has 2 heterocycles. The van der Waals surface area contributed by atoms with Crippen molar-refractivity contribution in [2.24, 2.45) is 0 Å². The van der Waals surface area contributed by atoms with Gasteiger partial charge in [0.25, 0.3) is 0 Å². The van der Waals surface area contributed by atoms with Crippen LogP contribution in [-0.4, -0.2) is 38.7 Å². The van der Waals surface area contributed by atoms with Gasteiger partial charge in [0.05, 0.1) is 25.0 Å². The number of nitrogens with zero attached hydrogens (tertiary/aromatic N) is 3. The second-order valence-corrected chi connectivity index (χ2v) is 7.20. The van der Waals surface area contributed by atoms with E-state index >= 15 is 0 Å². The molecule has 0 aliphatic heterocycles. The molecule has 30 heavy (non-hydrogen) atoms. The standard InChI is InChI=1S/C22H26N4O3S/c1-3-28-21(27)18-6-8-19(9-7-18)24-22(30)26(15-20-10-5-17(2)29-20)13-4-12-25-14-11-23-16-25/h5-11,14,16H,3-4,12-13,15H2,1-2H3,(H,24,30). The van der Waals surface area contributed by atoms with E-state index in [1.54, 1.807) is 25.3 Å². The molecular formula is C22H26N4O3S. The number of carbonyl (C=O) groups is 1. The summed E-state index contributed by atoms with van der Waals surface area (Å²) in [5, 5.41) is 3.85. The average Bonchev–Trinajstić information content (AvgIpc) is 3.39. The quantitative estimate of drug-likeness (QED) is 0.405. The normalized spacial score (nSPS) is 10.6. The first kappa shape index (κ1) is 21.6. The highest BCUT2D eigenvalue weighted by Gasteiger charge is 2.13. The lowest BCUT2D eigenvalue weighted by molar-refractivity contribution is 0.0526. The molecular weight excluding hydrogens is 400 g/mol. The molecule has 3 aromatic rings. The van der Waals surface area contributed by atoms with Crippen molar-refractivity contribution in [2.45, 2.75) is 33.4 Å². The molecule has 0 spiro atoms. The topological polar surface area (TPSA) is 72.5 Å². The van der Waals surface area contributed by atoms with E-state index in [0.29, 0.717) is 23.8 Å². The number of rotatable bonds is 9. The van der Waals surface area contributed by atoms with Gasteiger partial charge < -0.3 is 23.9 Å². The minimum absolute atomic E-state index is 0.332. The Labute approximate surface area is 181 Å². The van der Waals surface area contributed by atoms with Crippen LogP contribution in [0.5, 0.6) is 0 Å². The monoisotopic (exact) mass is 426 g/mol. The number of anilines is 1. The van der Waals surface area contributed by atoms with E-state index in [1.807, 2.05) is 48.3 Å². The van der Waals surface area contributed by atoms with Gasteiger partial charge in [-0.3, -0.25) is 0 Å². The van der Waals surface area contributed by atoms with Crippen LogP contribution in [0.3, 0.4) is 0 Å². The maximum absolute atomic E-state index is 11.8. The molecule has 0 aliphatic carbocycles. The molecule has 7 nitrogen and oxygen atoms in total. The zero-order valence-corrected chi connectivity index (χ0v) is 18.0. The highest BCUT2D eigenvalue weighted by Crippen LogP contribution is 2.15. The molecule has 1 N–H and O–H groups in total. The molecule has 8 heteroatoms. The van der Waals surface area contributed by atoms with Crippen LogP contribution in [0, 0.1) is 6.92 Å². The molecule has 2 aromatic heterocycles. The van der Waals surface area contributed by atoms with Crippen molar-refractivity contribution in [3.05, 3.63) is 72.2 Å². The van der Waals surface area contributed by atoms with Gasteiger partial charge in [-0.1, -0.05) is 0 Å². The van der Waals surface area contributed by atoms with Crippen molar-refractivity contribution in [2.75, 3.05) is 18.5 Å². The van der Waals surface area contributed by atoms with E-state index in [4.69, 9.17) is 21.4 Å². The van der Waals surface area contributed by atoms with Crippen molar-refractivity contribution in [3.63, 3.8) is 0 Å². The second kappa shape index (κ2) is 10.6. The number of esters is 1. The van der Waals surface area contributed by atoms with Gasteiger partial charge in [0.15, 0.2) is 5.11 Å². The van der Waals surface area contributed by atoms with E-state index in [0.717, 1.165) is 36.7 Å². The predicted molar refractivity (Wildman–Crippen MR) is 119 cm³/mol. The third-order valence-electron chi connectivity index (χ3n) is 4.48. The van der Waals surface area contributed by atoms with Gasteiger partial charge in [-0.25, -0.2) is 9.78 Å². The van der Waals surface area contributed by atoms with Crippen LogP contribution < -0.4 is 5.32 Å². The summed E-state index contributed by atoms with van der Waals surface area (Å²) in [6.07, 6.45) is 6.43. The van der Waals surface area contributed by atoms with Gasteiger partial charge in [-0.15, -0.1) is 0 Å². The van der Waals surface area contributed by atoms with Gasteiger partial charge in [-0.05, 0) is 68.9 Å². The maximum Gasteiger partial charge on any atom is 0.338 e. The molecule has 158 valence electrons. The Kier molecular flexibility index (Phi) is 7.62. The van der Waals surface area contributed by atoms with E-state index in [1.165, 1.54) is 0 Å². The van der Waals surface area contributed by atoms with Crippen molar-refractivity contribution in [1.29, 1.82) is 0 Å². The van der Waals surface area contributed by atoms with Crippen molar-refractivity contribution < 1.29 is 13.9 Å². The van der Waals surface area contributed by atoms with Gasteiger partial charge in [0.1, 0.15) is 11.5 Å². The lowest BCUT2D eigenvalue weighted by Gasteiger charge is -2.25. The first-order chi connectivity index (χ1) is 14.5. The maximum atomic E-state index is 11.8. The molecule has 0 bridgehead atoms. The molecule has 0 saturated carbocycles. The number of furan rings is 1. The summed E-state index contributed by atoms with van der Waals surface area (Å²) in [4.78, 5) is 18.0. The number of benzene rings is 1. The van der Waals surface area contributed by atoms with Crippen LogP contribution in [0.2, 0.25) is 0 Å². The van der Waals surface area contributed by atoms with Gasteiger partial charge in [-0.2, -0.15) is 0 Å². The lowest BCUT2D eigenvalue weighted by atomic mass is 10.2. The largest absolute Gasteiger partial charge is 0.464 e. The molecule has 0 unspecified atom stereocenters. The van der Waals surface area contributed by atoms with E-state index < -0.39 is 0 Å². The minimum atomic E-state index is -0.332. The fourth-order valence-electron chi connectivity index (χ4n) is 2.98. The number of aryl methyl sites for hydroxylation is 2. The number of nitrogens with one attached hydrogen (secondary N) is 1. The van der Waals surface area contributed by atoms with Gasteiger partial charge in [0, 0.05) is 31.2 Å². The second-order valence-electron chi connectivity index (χ2n) is 6.82. The van der Waals surface area contributed by atoms with Crippen LogP contribution in [0.1, 0.15) is 35.2 Å². The summed E-state index contributed by atoms with van der Waals surface area (Å²) in [5.41, 5.74) is 1.32. The third kappa shape index (κ3) is 6.18. The summed E-state index contributed by atoms with van der Waals surface area (Å²) in [6.45, 7) is 6.24. The summed E-state index contributed by atoms with van der Waals surface area (Å²) < 4.78 is 12.8. The number of carbonyl (C=O) groups excluding carboxylic acids is 1. The molecule has 0 aliphatic rings. The van der Waals surface area contributed by atoms with Crippen LogP contribution >= 0.6 is 12.2 Å². The van der Waals surface area contributed by atoms with E-state index in [2.05, 4.69) is 15.2 Å². The molecule has 0 atom stereocenters. The van der Waals surface area contributed by atoms with Crippen LogP contribution in [0.25, 0.3) is 0 Å². The molecule has 0 saturated heterocycles. The number of imidazole rings is 1. The number of hydrogen-bond acceptors (Lipinski definition) is 5. The smallest absolute Gasteiger partial charge is 0.338 e. The van der Waals surface area contributed by atoms with Crippen molar-refractivity contribution in [1.82, 2.24) is 14.5 Å². The number of thiocarbonyl (C=S) groups is 1. The zero-order chi connectivity index (χ0) is 21.3. The van der Waals surface area contributed by atoms with Crippen molar-refractivity contribution >= 4 is 29.0 Å². The SMILES string of the molecule is CCOC(=O)c1ccc(NC(=S)N(CCCn2ccnc2)Cc2ccc(C)o2)cc1. The Hall–Kier alpha value is -3.13. The minimum Gasteiger partial charge on any atom is -0.464 e. The average molecular weight is 427 g/mol. The highest BCUT2D eigenvalue weighted by molar-refractivity contribution is 7.80. The fourth-order valence-corrected chi connectivity index (χ4v) is 3.25. The summed E-state index contributed by atoms with van der Waals surface area (Å²) in [7, 11) is 0. The molecule has 0 radical (unpaired) electrons. The Bertz CT molecular complexity index is 951. The number of aromatic nitrogens is 2. The van der Waals surface area contributed by atoms with Crippen LogP contribution in [0.15, 0.2) is 59.5 Å². The zero-order valence-electron chi connectivity index (χ0n) is 17.2. The molecule has 0 fully saturated rings. The molecule has 1 aromatic carbocycles. The summed E-state index contributed by atoms with van der Waals surface area (Å²) in [5.74, 6) is 1.40. The van der Waals surface area contributed by atoms with Crippen LogP contribution in [0.4, 0.5) is 5.69 Å². The Morgan fingerprint density at radius 1 is 1.27 bits per heavy atom. The Morgan fingerprint density at radius 2 is 2.07 bits per heavy atom. The molecule has 0 amide bonds. The molecule has 3 rings (SSSR count). The fraction of sp³-hybridized carbons (Fsp3) is 0.318. The summed E-state index contributed by atoms with van der Waals surface area (Å²) >= 11 is 5.67. The first-order valence-electron chi connectivity index (χ1n) is 9.89. The predicted octanol–water partition coefficient (Wildman–Crippen LogP) is 4.25. The number of hydrogen-bond donors (Lipinski definition) is 1. The van der Waals surface area contributed by atoms with E-state index in [-0.39, 0.29) is 5.97 Å². The highest BCUT2D eigenvalue weighted by atomic mass is 32.1. The van der Waals surface area contributed by atoms with E-state index in [9.17, 15) is 4.79 Å².